The van der Waals surface area contributed by atoms with Crippen LogP contribution in [-0.2, 0) is 9.47 Å². The van der Waals surface area contributed by atoms with Crippen LogP contribution < -0.4 is 0 Å². The highest BCUT2D eigenvalue weighted by Crippen LogP contribution is 2.77. The van der Waals surface area contributed by atoms with Crippen LogP contribution in [0.1, 0.15) is 147 Å². The number of carbonyl (C=O) groups is 4. The van der Waals surface area contributed by atoms with Gasteiger partial charge in [-0.1, -0.05) is 71.0 Å². The number of hydrogen-bond acceptors (Lipinski definition) is 6. The van der Waals surface area contributed by atoms with Crippen molar-refractivity contribution in [2.45, 2.75) is 112 Å². The molecule has 0 radical (unpaired) electrons. The van der Waals surface area contributed by atoms with E-state index in [0.717, 1.165) is 64.2 Å². The van der Waals surface area contributed by atoms with Crippen LogP contribution in [0.4, 0.5) is 0 Å². The van der Waals surface area contributed by atoms with Gasteiger partial charge in [0, 0.05) is 10.8 Å². The average Bonchev–Trinajstić information content (AvgIpc) is 3.52. The summed E-state index contributed by atoms with van der Waals surface area (Å²) in [6.45, 7) is 19.1. The smallest absolute Gasteiger partial charge is 0.339 e. The van der Waals surface area contributed by atoms with E-state index in [2.05, 4.69) is 48.1 Å². The number of ether oxygens (including phenoxy) is 2. The number of benzene rings is 2. The number of hydrogen-bond donors (Lipinski definition) is 2. The minimum atomic E-state index is -1.14. The largest absolute Gasteiger partial charge is 0.478 e. The van der Waals surface area contributed by atoms with Crippen LogP contribution in [0.3, 0.4) is 0 Å². The topological polar surface area (TPSA) is 127 Å². The Morgan fingerprint density at radius 1 is 0.685 bits per heavy atom. The van der Waals surface area contributed by atoms with Gasteiger partial charge in [-0.3, -0.25) is 0 Å². The van der Waals surface area contributed by atoms with Gasteiger partial charge in [0.2, 0.25) is 0 Å². The summed E-state index contributed by atoms with van der Waals surface area (Å²) in [7, 11) is 0. The molecule has 54 heavy (non-hydrogen) atoms. The van der Waals surface area contributed by atoms with Crippen molar-refractivity contribution in [3.63, 3.8) is 0 Å². The lowest BCUT2D eigenvalue weighted by molar-refractivity contribution is -0.249. The van der Waals surface area contributed by atoms with Crippen molar-refractivity contribution < 1.29 is 38.9 Å². The lowest BCUT2D eigenvalue weighted by Gasteiger charge is -2.73. The Kier molecular flexibility index (Phi) is 9.49. The summed E-state index contributed by atoms with van der Waals surface area (Å²) in [4.78, 5) is 50.7. The number of carboxylic acid groups (broad SMARTS) is 2. The minimum absolute atomic E-state index is 0.0336. The molecule has 5 saturated carbocycles. The van der Waals surface area contributed by atoms with E-state index in [1.807, 2.05) is 0 Å². The van der Waals surface area contributed by atoms with Crippen LogP contribution >= 0.6 is 0 Å². The molecule has 5 aliphatic rings. The number of carboxylic acids is 2. The van der Waals surface area contributed by atoms with Gasteiger partial charge in [-0.2, -0.15) is 0 Å². The average molecular weight is 739 g/mol. The summed E-state index contributed by atoms with van der Waals surface area (Å²) >= 11 is 0. The fourth-order valence-corrected chi connectivity index (χ4v) is 13.9. The van der Waals surface area contributed by atoms with Gasteiger partial charge in [0.1, 0.15) is 6.10 Å². The van der Waals surface area contributed by atoms with Crippen LogP contribution in [0.2, 0.25) is 0 Å². The number of esters is 2. The van der Waals surface area contributed by atoms with Gasteiger partial charge >= 0.3 is 23.9 Å². The van der Waals surface area contributed by atoms with E-state index in [9.17, 15) is 29.4 Å². The first-order chi connectivity index (χ1) is 25.4. The molecule has 5 fully saturated rings. The maximum Gasteiger partial charge on any atom is 0.339 e. The van der Waals surface area contributed by atoms with Gasteiger partial charge in [0.05, 0.1) is 28.9 Å². The molecule has 0 spiro atoms. The molecule has 8 heteroatoms. The predicted octanol–water partition coefficient (Wildman–Crippen LogP) is 10.1. The predicted molar refractivity (Wildman–Crippen MR) is 205 cm³/mol. The van der Waals surface area contributed by atoms with Gasteiger partial charge in [-0.25, -0.2) is 19.2 Å². The second-order valence-electron chi connectivity index (χ2n) is 19.1. The summed E-state index contributed by atoms with van der Waals surface area (Å²) in [6.07, 6.45) is 9.77. The van der Waals surface area contributed by atoms with Crippen molar-refractivity contribution in [1.82, 2.24) is 0 Å². The van der Waals surface area contributed by atoms with E-state index < -0.39 is 23.9 Å². The number of rotatable bonds is 8. The van der Waals surface area contributed by atoms with Crippen LogP contribution in [0.15, 0.2) is 60.7 Å². The van der Waals surface area contributed by atoms with Crippen LogP contribution in [0, 0.1) is 56.7 Å². The first-order valence-corrected chi connectivity index (χ1v) is 20.1. The van der Waals surface area contributed by atoms with Gasteiger partial charge in [0.25, 0.3) is 0 Å². The van der Waals surface area contributed by atoms with Gasteiger partial charge in [-0.15, -0.1) is 0 Å². The zero-order valence-electron chi connectivity index (χ0n) is 32.9. The Bertz CT molecular complexity index is 1880. The van der Waals surface area contributed by atoms with E-state index in [-0.39, 0.29) is 55.4 Å². The zero-order chi connectivity index (χ0) is 39.0. The maximum absolute atomic E-state index is 13.5. The molecule has 0 unspecified atom stereocenters. The van der Waals surface area contributed by atoms with Crippen LogP contribution in [-0.4, -0.2) is 46.8 Å². The molecular weight excluding hydrogens is 680 g/mol. The quantitative estimate of drug-likeness (QED) is 0.202. The molecule has 5 aliphatic carbocycles. The molecule has 10 atom stereocenters. The third-order valence-corrected chi connectivity index (χ3v) is 16.7. The number of carbonyl (C=O) groups excluding carboxylic acids is 2. The molecule has 2 aromatic carbocycles. The Labute approximate surface area is 320 Å². The fourth-order valence-electron chi connectivity index (χ4n) is 13.9. The monoisotopic (exact) mass is 738 g/mol. The lowest BCUT2D eigenvalue weighted by atomic mass is 9.32. The Morgan fingerprint density at radius 3 is 1.87 bits per heavy atom. The highest BCUT2D eigenvalue weighted by Gasteiger charge is 2.71. The minimum Gasteiger partial charge on any atom is -0.478 e. The molecule has 0 bridgehead atoms. The highest BCUT2D eigenvalue weighted by molar-refractivity contribution is 6.03. The second-order valence-corrected chi connectivity index (χ2v) is 19.1. The summed E-state index contributed by atoms with van der Waals surface area (Å²) in [5.74, 6) is -1.43. The number of fused-ring (bicyclic) bond motifs is 7. The van der Waals surface area contributed by atoms with Gasteiger partial charge < -0.3 is 19.7 Å². The van der Waals surface area contributed by atoms with E-state index in [4.69, 9.17) is 9.47 Å². The number of allylic oxidation sites excluding steroid dienone is 1. The van der Waals surface area contributed by atoms with E-state index in [1.54, 1.807) is 36.4 Å². The first-order valence-electron chi connectivity index (χ1n) is 20.1. The van der Waals surface area contributed by atoms with Crippen molar-refractivity contribution in [1.29, 1.82) is 0 Å². The summed E-state index contributed by atoms with van der Waals surface area (Å²) < 4.78 is 12.4. The fraction of sp³-hybridized carbons (Fsp3) is 0.609. The molecule has 0 aromatic heterocycles. The second kappa shape index (κ2) is 13.4. The van der Waals surface area contributed by atoms with Crippen LogP contribution in [0.5, 0.6) is 0 Å². The third kappa shape index (κ3) is 5.67. The van der Waals surface area contributed by atoms with E-state index >= 15 is 0 Å². The first kappa shape index (κ1) is 38.3. The Balaban J connectivity index is 1.14. The summed E-state index contributed by atoms with van der Waals surface area (Å²) in [5, 5.41) is 19.5. The molecule has 0 heterocycles. The SMILES string of the molecule is C=C(C)[C@H]1CC[C@@]2(COC(=O)c3ccccc3C(=O)O)CC[C@]3(C)[C@H](CC[C@H]4[C@@]5(C)CC[C@@H](OC(=O)c6ccccc6C(=O)O)C(C)(C)[C@H]5CC[C@@]43C)[C@@H]12. The number of aromatic carboxylic acids is 2. The van der Waals surface area contributed by atoms with E-state index in [1.165, 1.54) is 17.7 Å². The van der Waals surface area contributed by atoms with Gasteiger partial charge in [-0.05, 0) is 141 Å². The highest BCUT2D eigenvalue weighted by atomic mass is 16.5. The van der Waals surface area contributed by atoms with E-state index in [0.29, 0.717) is 36.2 Å². The van der Waals surface area contributed by atoms with Crippen molar-refractivity contribution in [2.24, 2.45) is 56.7 Å². The Morgan fingerprint density at radius 2 is 1.28 bits per heavy atom. The third-order valence-electron chi connectivity index (χ3n) is 16.7. The molecule has 290 valence electrons. The lowest BCUT2D eigenvalue weighted by Crippen LogP contribution is -2.67. The molecule has 7 rings (SSSR count). The molecule has 0 saturated heterocycles. The van der Waals surface area contributed by atoms with Gasteiger partial charge in [0.15, 0.2) is 0 Å². The van der Waals surface area contributed by atoms with Crippen molar-refractivity contribution >= 4 is 23.9 Å². The molecule has 0 amide bonds. The van der Waals surface area contributed by atoms with Crippen molar-refractivity contribution in [2.75, 3.05) is 6.61 Å². The van der Waals surface area contributed by atoms with Crippen molar-refractivity contribution in [3.05, 3.63) is 82.9 Å². The zero-order valence-corrected chi connectivity index (χ0v) is 32.9. The summed E-state index contributed by atoms with van der Waals surface area (Å²) in [5.41, 5.74) is 1.09. The normalized spacial score (nSPS) is 37.7. The van der Waals surface area contributed by atoms with Crippen LogP contribution in [0.25, 0.3) is 0 Å². The summed E-state index contributed by atoms with van der Waals surface area (Å²) in [6, 6.07) is 12.6. The maximum atomic E-state index is 13.5. The molecule has 0 aliphatic heterocycles. The standard InChI is InChI=1S/C46H58O8/c1-27(2)28-18-23-46(26-53-40(51)31-14-10-8-12-29(31)38(47)48)25-24-44(6)33(37(28)46)16-17-35-43(5)21-20-36(42(3,4)34(43)19-22-45(35,44)7)54-41(52)32-15-11-9-13-30(32)39(49)50/h8-15,28,33-37H,1,16-26H2,2-7H3,(H,47,48)(H,49,50)/t28-,33-,34-,35+,36-,37-,43+,44-,45+,46+/m1/s1. The molecule has 8 nitrogen and oxygen atoms in total. The molecule has 2 N–H and O–H groups in total. The molecule has 2 aromatic rings. The Hall–Kier alpha value is -3.94. The van der Waals surface area contributed by atoms with Crippen molar-refractivity contribution in [3.8, 4) is 0 Å². The molecular formula is C46H58O8.